The molecule has 1 aliphatic rings. The van der Waals surface area contributed by atoms with Crippen LogP contribution in [0.1, 0.15) is 39.6 Å². The van der Waals surface area contributed by atoms with E-state index in [4.69, 9.17) is 9.47 Å². The maximum absolute atomic E-state index is 12.6. The molecule has 0 bridgehead atoms. The summed E-state index contributed by atoms with van der Waals surface area (Å²) in [6.07, 6.45) is -0.317. The Bertz CT molecular complexity index is 1070. The molecule has 0 aromatic heterocycles. The summed E-state index contributed by atoms with van der Waals surface area (Å²) < 4.78 is 11.1. The molecule has 31 heavy (non-hydrogen) atoms. The van der Waals surface area contributed by atoms with Crippen molar-refractivity contribution < 1.29 is 23.9 Å². The number of carbonyl (C=O) groups is 3. The molecular weight excluding hydrogens is 394 g/mol. The number of fused-ring (bicyclic) bond motifs is 1. The summed E-state index contributed by atoms with van der Waals surface area (Å²) in [5, 5.41) is 0. The molecule has 0 N–H and O–H groups in total. The van der Waals surface area contributed by atoms with Crippen molar-refractivity contribution in [3.63, 3.8) is 0 Å². The highest BCUT2D eigenvalue weighted by molar-refractivity contribution is 6.34. The molecule has 0 fully saturated rings. The SMILES string of the molecule is CCC(Oc1ccc(N2C(=O)c3ccccc3C2=O)cc1)C(=O)OCc1ccccc1. The van der Waals surface area contributed by atoms with Gasteiger partial charge in [-0.05, 0) is 48.4 Å². The molecule has 0 saturated heterocycles. The summed E-state index contributed by atoms with van der Waals surface area (Å²) in [7, 11) is 0. The molecule has 0 saturated carbocycles. The fourth-order valence-electron chi connectivity index (χ4n) is 3.38. The van der Waals surface area contributed by atoms with Crippen molar-refractivity contribution in [1.29, 1.82) is 0 Å². The van der Waals surface area contributed by atoms with Crippen LogP contribution >= 0.6 is 0 Å². The maximum Gasteiger partial charge on any atom is 0.347 e. The first kappa shape index (κ1) is 20.3. The highest BCUT2D eigenvalue weighted by Crippen LogP contribution is 2.29. The van der Waals surface area contributed by atoms with Crippen molar-refractivity contribution in [2.24, 2.45) is 0 Å². The number of ether oxygens (including phenoxy) is 2. The largest absolute Gasteiger partial charge is 0.479 e. The molecule has 156 valence electrons. The third kappa shape index (κ3) is 4.19. The summed E-state index contributed by atoms with van der Waals surface area (Å²) in [4.78, 5) is 38.7. The smallest absolute Gasteiger partial charge is 0.347 e. The van der Waals surface area contributed by atoms with Gasteiger partial charge in [-0.1, -0.05) is 49.4 Å². The van der Waals surface area contributed by atoms with Gasteiger partial charge in [-0.2, -0.15) is 0 Å². The van der Waals surface area contributed by atoms with Gasteiger partial charge >= 0.3 is 5.97 Å². The van der Waals surface area contributed by atoms with E-state index < -0.39 is 12.1 Å². The van der Waals surface area contributed by atoms with E-state index in [0.29, 0.717) is 29.0 Å². The minimum Gasteiger partial charge on any atom is -0.479 e. The number of nitrogens with zero attached hydrogens (tertiary/aromatic N) is 1. The average molecular weight is 415 g/mol. The molecule has 1 unspecified atom stereocenters. The number of hydrogen-bond acceptors (Lipinski definition) is 5. The molecule has 2 amide bonds. The Morgan fingerprint density at radius 1 is 0.839 bits per heavy atom. The van der Waals surface area contributed by atoms with Gasteiger partial charge < -0.3 is 9.47 Å². The fourth-order valence-corrected chi connectivity index (χ4v) is 3.38. The molecule has 3 aromatic rings. The van der Waals surface area contributed by atoms with Gasteiger partial charge in [-0.3, -0.25) is 9.59 Å². The lowest BCUT2D eigenvalue weighted by molar-refractivity contribution is -0.153. The van der Waals surface area contributed by atoms with Crippen LogP contribution in [0.3, 0.4) is 0 Å². The zero-order chi connectivity index (χ0) is 21.8. The summed E-state index contributed by atoms with van der Waals surface area (Å²) in [5.41, 5.74) is 2.12. The van der Waals surface area contributed by atoms with Crippen LogP contribution in [-0.4, -0.2) is 23.9 Å². The van der Waals surface area contributed by atoms with Crippen molar-refractivity contribution >= 4 is 23.5 Å². The molecule has 1 atom stereocenters. The van der Waals surface area contributed by atoms with Gasteiger partial charge in [0.15, 0.2) is 6.10 Å². The first-order valence-electron chi connectivity index (χ1n) is 10.0. The van der Waals surface area contributed by atoms with Crippen LogP contribution in [0, 0.1) is 0 Å². The quantitative estimate of drug-likeness (QED) is 0.423. The van der Waals surface area contributed by atoms with Crippen molar-refractivity contribution in [3.8, 4) is 5.75 Å². The second-order valence-corrected chi connectivity index (χ2v) is 7.09. The molecule has 3 aromatic carbocycles. The molecule has 4 rings (SSSR count). The predicted octanol–water partition coefficient (Wildman–Crippen LogP) is 4.39. The van der Waals surface area contributed by atoms with Crippen molar-refractivity contribution in [2.45, 2.75) is 26.1 Å². The van der Waals surface area contributed by atoms with E-state index in [0.717, 1.165) is 10.5 Å². The second-order valence-electron chi connectivity index (χ2n) is 7.09. The Balaban J connectivity index is 1.41. The number of esters is 1. The van der Waals surface area contributed by atoms with Gasteiger partial charge in [0, 0.05) is 0 Å². The van der Waals surface area contributed by atoms with Gasteiger partial charge in [-0.15, -0.1) is 0 Å². The molecule has 0 aliphatic carbocycles. The first-order chi connectivity index (χ1) is 15.1. The summed E-state index contributed by atoms with van der Waals surface area (Å²) >= 11 is 0. The molecule has 0 spiro atoms. The van der Waals surface area contributed by atoms with Crippen LogP contribution in [0.2, 0.25) is 0 Å². The zero-order valence-electron chi connectivity index (χ0n) is 17.0. The van der Waals surface area contributed by atoms with Crippen LogP contribution in [0.5, 0.6) is 5.75 Å². The van der Waals surface area contributed by atoms with E-state index in [1.807, 2.05) is 37.3 Å². The molecule has 6 nitrogen and oxygen atoms in total. The van der Waals surface area contributed by atoms with Crippen LogP contribution < -0.4 is 9.64 Å². The van der Waals surface area contributed by atoms with E-state index in [2.05, 4.69) is 0 Å². The van der Waals surface area contributed by atoms with Crippen LogP contribution in [0.25, 0.3) is 0 Å². The molecule has 1 heterocycles. The normalized spacial score (nSPS) is 13.6. The van der Waals surface area contributed by atoms with E-state index in [1.54, 1.807) is 48.5 Å². The molecular formula is C25H21NO5. The van der Waals surface area contributed by atoms with Gasteiger partial charge in [0.2, 0.25) is 0 Å². The van der Waals surface area contributed by atoms with Crippen LogP contribution in [0.4, 0.5) is 5.69 Å². The van der Waals surface area contributed by atoms with E-state index in [1.165, 1.54) is 0 Å². The number of carbonyl (C=O) groups excluding carboxylic acids is 3. The Morgan fingerprint density at radius 2 is 1.42 bits per heavy atom. The average Bonchev–Trinajstić information content (AvgIpc) is 3.07. The monoisotopic (exact) mass is 415 g/mol. The van der Waals surface area contributed by atoms with Crippen molar-refractivity contribution in [2.75, 3.05) is 4.90 Å². The van der Waals surface area contributed by atoms with Crippen LogP contribution in [0.15, 0.2) is 78.9 Å². The third-order valence-electron chi connectivity index (χ3n) is 5.02. The number of hydrogen-bond donors (Lipinski definition) is 0. The molecule has 1 aliphatic heterocycles. The zero-order valence-corrected chi connectivity index (χ0v) is 17.0. The standard InChI is InChI=1S/C25H21NO5/c1-2-22(25(29)30-16-17-8-4-3-5-9-17)31-19-14-12-18(13-15-19)26-23(27)20-10-6-7-11-21(20)24(26)28/h3-15,22H,2,16H2,1H3. The van der Waals surface area contributed by atoms with Gasteiger partial charge in [0.05, 0.1) is 16.8 Å². The summed E-state index contributed by atoms with van der Waals surface area (Å²) in [6, 6.07) is 22.7. The highest BCUT2D eigenvalue weighted by atomic mass is 16.6. The number of imide groups is 1. The minimum absolute atomic E-state index is 0.179. The topological polar surface area (TPSA) is 72.9 Å². The minimum atomic E-state index is -0.756. The Morgan fingerprint density at radius 3 is 2.00 bits per heavy atom. The van der Waals surface area contributed by atoms with E-state index >= 15 is 0 Å². The van der Waals surface area contributed by atoms with Gasteiger partial charge in [-0.25, -0.2) is 9.69 Å². The first-order valence-corrected chi connectivity index (χ1v) is 10.0. The second kappa shape index (κ2) is 8.83. The third-order valence-corrected chi connectivity index (χ3v) is 5.02. The van der Waals surface area contributed by atoms with Gasteiger partial charge in [0.25, 0.3) is 11.8 Å². The number of benzene rings is 3. The molecule has 6 heteroatoms. The summed E-state index contributed by atoms with van der Waals surface area (Å²) in [6.45, 7) is 2.01. The Kier molecular flexibility index (Phi) is 5.80. The maximum atomic E-state index is 12.6. The number of anilines is 1. The highest BCUT2D eigenvalue weighted by Gasteiger charge is 2.36. The predicted molar refractivity (Wildman–Crippen MR) is 115 cm³/mol. The number of amides is 2. The fraction of sp³-hybridized carbons (Fsp3) is 0.160. The Hall–Kier alpha value is -3.93. The Labute approximate surface area is 180 Å². The lowest BCUT2D eigenvalue weighted by atomic mass is 10.1. The van der Waals surface area contributed by atoms with E-state index in [-0.39, 0.29) is 18.4 Å². The molecule has 0 radical (unpaired) electrons. The van der Waals surface area contributed by atoms with E-state index in [9.17, 15) is 14.4 Å². The van der Waals surface area contributed by atoms with Gasteiger partial charge in [0.1, 0.15) is 12.4 Å². The van der Waals surface area contributed by atoms with Crippen molar-refractivity contribution in [3.05, 3.63) is 95.6 Å². The lowest BCUT2D eigenvalue weighted by Crippen LogP contribution is -2.30. The lowest BCUT2D eigenvalue weighted by Gasteiger charge is -2.18. The number of rotatable bonds is 7. The van der Waals surface area contributed by atoms with Crippen molar-refractivity contribution in [1.82, 2.24) is 0 Å². The van der Waals surface area contributed by atoms with Crippen LogP contribution in [-0.2, 0) is 16.1 Å². The summed E-state index contributed by atoms with van der Waals surface area (Å²) in [5.74, 6) is -0.713.